The van der Waals surface area contributed by atoms with Crippen molar-refractivity contribution in [3.63, 3.8) is 0 Å². The number of hydrazone groups is 1. The van der Waals surface area contributed by atoms with Crippen molar-refractivity contribution in [2.75, 3.05) is 0 Å². The molecule has 2 rings (SSSR count). The number of nitrogens with zero attached hydrogens (tertiary/aromatic N) is 1. The van der Waals surface area contributed by atoms with Crippen LogP contribution in [0, 0.1) is 17.3 Å². The highest BCUT2D eigenvalue weighted by atomic mass is 35.5. The van der Waals surface area contributed by atoms with Crippen LogP contribution in [0.25, 0.3) is 0 Å². The molecule has 4 nitrogen and oxygen atoms in total. The van der Waals surface area contributed by atoms with Gasteiger partial charge in [0, 0.05) is 10.6 Å². The lowest BCUT2D eigenvalue weighted by Crippen LogP contribution is -2.21. The van der Waals surface area contributed by atoms with Gasteiger partial charge in [0.2, 0.25) is 5.91 Å². The molecule has 1 fully saturated rings. The Morgan fingerprint density at radius 1 is 1.41 bits per heavy atom. The zero-order chi connectivity index (χ0) is 16.5. The van der Waals surface area contributed by atoms with Gasteiger partial charge >= 0.3 is 0 Å². The number of halogens is 3. The maximum atomic E-state index is 12.1. The summed E-state index contributed by atoms with van der Waals surface area (Å²) in [5.41, 5.74) is 2.66. The average Bonchev–Trinajstić information content (AvgIpc) is 2.94. The van der Waals surface area contributed by atoms with E-state index >= 15 is 0 Å². The maximum absolute atomic E-state index is 12.1. The Kier molecular flexibility index (Phi) is 5.05. The Hall–Kier alpha value is -1.23. The Bertz CT molecular complexity index is 652. The van der Waals surface area contributed by atoms with Gasteiger partial charge in [-0.15, -0.1) is 0 Å². The van der Waals surface area contributed by atoms with Gasteiger partial charge in [0.25, 0.3) is 0 Å². The first-order chi connectivity index (χ1) is 10.2. The van der Waals surface area contributed by atoms with E-state index in [4.69, 9.17) is 34.8 Å². The van der Waals surface area contributed by atoms with Crippen molar-refractivity contribution in [2.45, 2.75) is 13.8 Å². The summed E-state index contributed by atoms with van der Waals surface area (Å²) in [6.07, 6.45) is 3.01. The van der Waals surface area contributed by atoms with Crippen LogP contribution in [-0.2, 0) is 4.79 Å². The van der Waals surface area contributed by atoms with Crippen LogP contribution in [0.2, 0.25) is 5.02 Å². The van der Waals surface area contributed by atoms with E-state index in [-0.39, 0.29) is 33.4 Å². The van der Waals surface area contributed by atoms with Crippen LogP contribution < -0.4 is 5.43 Å². The molecule has 1 aromatic carbocycles. The number of aromatic hydroxyl groups is 1. The number of carbonyl (C=O) groups is 1. The fraction of sp³-hybridized carbons (Fsp3) is 0.333. The van der Waals surface area contributed by atoms with E-state index in [9.17, 15) is 9.90 Å². The quantitative estimate of drug-likeness (QED) is 0.627. The van der Waals surface area contributed by atoms with E-state index in [1.54, 1.807) is 18.2 Å². The molecule has 1 aliphatic rings. The first-order valence-corrected chi connectivity index (χ1v) is 7.71. The number of allylic oxidation sites excluding steroid dienone is 1. The fourth-order valence-electron chi connectivity index (χ4n) is 2.49. The number of benzene rings is 1. The third-order valence-electron chi connectivity index (χ3n) is 3.87. The number of carbonyl (C=O) groups excluding carboxylic acids is 1. The molecule has 1 aliphatic carbocycles. The summed E-state index contributed by atoms with van der Waals surface area (Å²) in [6.45, 7) is 3.92. The van der Waals surface area contributed by atoms with Gasteiger partial charge in [-0.2, -0.15) is 5.10 Å². The molecule has 0 saturated heterocycles. The lowest BCUT2D eigenvalue weighted by atomic mass is 10.1. The van der Waals surface area contributed by atoms with Gasteiger partial charge < -0.3 is 5.11 Å². The van der Waals surface area contributed by atoms with Gasteiger partial charge in [0.15, 0.2) is 0 Å². The molecule has 1 saturated carbocycles. The Labute approximate surface area is 143 Å². The van der Waals surface area contributed by atoms with E-state index in [0.29, 0.717) is 10.6 Å². The summed E-state index contributed by atoms with van der Waals surface area (Å²) in [5, 5.41) is 14.0. The predicted molar refractivity (Wildman–Crippen MR) is 89.4 cm³/mol. The van der Waals surface area contributed by atoms with E-state index in [1.807, 2.05) is 13.8 Å². The molecule has 2 atom stereocenters. The molecule has 0 spiro atoms. The number of hydrogen-bond donors (Lipinski definition) is 2. The molecular weight excluding hydrogens is 347 g/mol. The van der Waals surface area contributed by atoms with Gasteiger partial charge in [-0.25, -0.2) is 5.43 Å². The van der Waals surface area contributed by atoms with E-state index in [1.165, 1.54) is 12.3 Å². The number of phenolic OH excluding ortho intramolecular Hbond substituents is 1. The summed E-state index contributed by atoms with van der Waals surface area (Å²) in [5.74, 6) is -0.458. The van der Waals surface area contributed by atoms with Gasteiger partial charge in [-0.1, -0.05) is 48.7 Å². The van der Waals surface area contributed by atoms with E-state index in [0.717, 1.165) is 0 Å². The Morgan fingerprint density at radius 2 is 2.09 bits per heavy atom. The molecule has 118 valence electrons. The van der Waals surface area contributed by atoms with Crippen molar-refractivity contribution in [1.29, 1.82) is 0 Å². The minimum absolute atomic E-state index is 0.0210. The number of hydrogen-bond acceptors (Lipinski definition) is 3. The molecule has 0 aliphatic heterocycles. The van der Waals surface area contributed by atoms with Gasteiger partial charge in [0.1, 0.15) is 10.2 Å². The van der Waals surface area contributed by atoms with Crippen LogP contribution in [0.15, 0.2) is 33.9 Å². The zero-order valence-corrected chi connectivity index (χ0v) is 14.2. The molecular formula is C15H15Cl3N2O2. The zero-order valence-electron chi connectivity index (χ0n) is 12.0. The van der Waals surface area contributed by atoms with Crippen LogP contribution in [0.4, 0.5) is 0 Å². The molecule has 0 bridgehead atoms. The molecule has 2 N–H and O–H groups in total. The van der Waals surface area contributed by atoms with Crippen molar-refractivity contribution in [2.24, 2.45) is 22.4 Å². The third kappa shape index (κ3) is 3.75. The second-order valence-corrected chi connectivity index (χ2v) is 7.16. The molecule has 1 aromatic rings. The Morgan fingerprint density at radius 3 is 2.73 bits per heavy atom. The minimum atomic E-state index is -0.245. The van der Waals surface area contributed by atoms with Crippen LogP contribution in [-0.4, -0.2) is 17.2 Å². The lowest BCUT2D eigenvalue weighted by molar-refractivity contribution is -0.123. The predicted octanol–water partition coefficient (Wildman–Crippen LogP) is 4.09. The number of phenols is 1. The van der Waals surface area contributed by atoms with Crippen LogP contribution >= 0.6 is 34.8 Å². The topological polar surface area (TPSA) is 61.7 Å². The maximum Gasteiger partial charge on any atom is 0.244 e. The number of nitrogens with one attached hydrogen (secondary N) is 1. The minimum Gasteiger partial charge on any atom is -0.507 e. The molecule has 0 unspecified atom stereocenters. The number of amides is 1. The summed E-state index contributed by atoms with van der Waals surface area (Å²) < 4.78 is 0.153. The van der Waals surface area contributed by atoms with Crippen molar-refractivity contribution >= 4 is 46.9 Å². The van der Waals surface area contributed by atoms with Crippen LogP contribution in [0.5, 0.6) is 5.75 Å². The first kappa shape index (κ1) is 17.1. The first-order valence-electron chi connectivity index (χ1n) is 6.57. The third-order valence-corrected chi connectivity index (χ3v) is 4.35. The molecule has 7 heteroatoms. The smallest absolute Gasteiger partial charge is 0.244 e. The van der Waals surface area contributed by atoms with Crippen molar-refractivity contribution in [3.8, 4) is 5.75 Å². The fourth-order valence-corrected chi connectivity index (χ4v) is 2.94. The second-order valence-electron chi connectivity index (χ2n) is 5.72. The second kappa shape index (κ2) is 6.49. The standard InChI is InChI=1S/C15H15Cl3N2O2/c1-15(2)10(6-12(17)18)13(15)14(22)20-19-7-8-5-9(16)3-4-11(8)21/h3-7,10,13,21H,1-2H3,(H,20,22)/b19-7-/t10-,13+/m1/s1. The van der Waals surface area contributed by atoms with Crippen molar-refractivity contribution in [3.05, 3.63) is 39.4 Å². The number of rotatable bonds is 4. The summed E-state index contributed by atoms with van der Waals surface area (Å²) in [7, 11) is 0. The van der Waals surface area contributed by atoms with Crippen LogP contribution in [0.3, 0.4) is 0 Å². The molecule has 1 amide bonds. The average molecular weight is 362 g/mol. The van der Waals surface area contributed by atoms with Gasteiger partial charge in [0.05, 0.1) is 12.1 Å². The van der Waals surface area contributed by atoms with Crippen molar-refractivity contribution in [1.82, 2.24) is 5.43 Å². The van der Waals surface area contributed by atoms with E-state index in [2.05, 4.69) is 10.5 Å². The highest BCUT2D eigenvalue weighted by Crippen LogP contribution is 2.59. The highest BCUT2D eigenvalue weighted by Gasteiger charge is 2.60. The van der Waals surface area contributed by atoms with E-state index < -0.39 is 0 Å². The SMILES string of the molecule is CC1(C)[C@H](C=C(Cl)Cl)[C@H]1C(=O)N/N=C\c1cc(Cl)ccc1O. The van der Waals surface area contributed by atoms with Gasteiger partial charge in [-0.3, -0.25) is 4.79 Å². The molecule has 0 aromatic heterocycles. The lowest BCUT2D eigenvalue weighted by Gasteiger charge is -2.02. The van der Waals surface area contributed by atoms with Crippen LogP contribution in [0.1, 0.15) is 19.4 Å². The monoisotopic (exact) mass is 360 g/mol. The molecule has 22 heavy (non-hydrogen) atoms. The van der Waals surface area contributed by atoms with Gasteiger partial charge in [-0.05, 0) is 35.6 Å². The van der Waals surface area contributed by atoms with Crippen molar-refractivity contribution < 1.29 is 9.90 Å². The largest absolute Gasteiger partial charge is 0.507 e. The molecule has 0 radical (unpaired) electrons. The summed E-state index contributed by atoms with van der Waals surface area (Å²) in [4.78, 5) is 12.1. The normalized spacial score (nSPS) is 22.4. The Balaban J connectivity index is 2.00. The summed E-state index contributed by atoms with van der Waals surface area (Å²) >= 11 is 17.1. The summed E-state index contributed by atoms with van der Waals surface area (Å²) in [6, 6.07) is 4.57. The highest BCUT2D eigenvalue weighted by molar-refractivity contribution is 6.55. The molecule has 0 heterocycles.